The zero-order chi connectivity index (χ0) is 14.3. The van der Waals surface area contributed by atoms with E-state index in [0.29, 0.717) is 12.0 Å². The topological polar surface area (TPSA) is 58.2 Å². The van der Waals surface area contributed by atoms with E-state index in [1.54, 1.807) is 22.1 Å². The highest BCUT2D eigenvalue weighted by Gasteiger charge is 2.27. The van der Waals surface area contributed by atoms with Gasteiger partial charge in [-0.25, -0.2) is 0 Å². The first kappa shape index (κ1) is 15.5. The Labute approximate surface area is 112 Å². The van der Waals surface area contributed by atoms with Crippen LogP contribution < -0.4 is 10.6 Å². The Kier molecular flexibility index (Phi) is 5.81. The fourth-order valence-electron chi connectivity index (χ4n) is 1.23. The number of carbonyl (C=O) groups is 2. The SMILES string of the molecule is O=C(CCCNC(=O)c1ccsc1)NCC(F)(F)F. The Bertz CT molecular complexity index is 418. The Balaban J connectivity index is 2.11. The van der Waals surface area contributed by atoms with Gasteiger partial charge < -0.3 is 10.6 Å². The van der Waals surface area contributed by atoms with E-state index in [0.717, 1.165) is 0 Å². The standard InChI is InChI=1S/C11H13F3N2O2S/c12-11(13,14)7-16-9(17)2-1-4-15-10(18)8-3-5-19-6-8/h3,5-6H,1-2,4,7H2,(H,15,18)(H,16,17). The number of hydrogen-bond donors (Lipinski definition) is 2. The zero-order valence-electron chi connectivity index (χ0n) is 9.92. The number of carbonyl (C=O) groups excluding carboxylic acids is 2. The van der Waals surface area contributed by atoms with Crippen molar-refractivity contribution in [3.63, 3.8) is 0 Å². The number of halogens is 3. The van der Waals surface area contributed by atoms with Crippen molar-refractivity contribution >= 4 is 23.2 Å². The zero-order valence-corrected chi connectivity index (χ0v) is 10.7. The van der Waals surface area contributed by atoms with Crippen LogP contribution in [0.5, 0.6) is 0 Å². The lowest BCUT2D eigenvalue weighted by Gasteiger charge is -2.08. The van der Waals surface area contributed by atoms with Crippen LogP contribution in [-0.4, -0.2) is 31.1 Å². The predicted octanol–water partition coefficient (Wildman–Crippen LogP) is 1.94. The van der Waals surface area contributed by atoms with Gasteiger partial charge in [-0.15, -0.1) is 0 Å². The van der Waals surface area contributed by atoms with Crippen LogP contribution in [0, 0.1) is 0 Å². The maximum absolute atomic E-state index is 11.8. The molecule has 0 spiro atoms. The third kappa shape index (κ3) is 6.80. The molecule has 0 unspecified atom stereocenters. The molecule has 0 aliphatic carbocycles. The number of rotatable bonds is 6. The van der Waals surface area contributed by atoms with Crippen molar-refractivity contribution in [2.45, 2.75) is 19.0 Å². The lowest BCUT2D eigenvalue weighted by Crippen LogP contribution is -2.34. The third-order valence-electron chi connectivity index (χ3n) is 2.14. The lowest BCUT2D eigenvalue weighted by molar-refractivity contribution is -0.138. The second-order valence-corrected chi connectivity index (χ2v) is 4.54. The first-order valence-electron chi connectivity index (χ1n) is 5.52. The van der Waals surface area contributed by atoms with Crippen molar-refractivity contribution in [2.75, 3.05) is 13.1 Å². The van der Waals surface area contributed by atoms with Crippen LogP contribution in [0.2, 0.25) is 0 Å². The third-order valence-corrected chi connectivity index (χ3v) is 2.82. The molecule has 0 fully saturated rings. The number of nitrogens with one attached hydrogen (secondary N) is 2. The maximum Gasteiger partial charge on any atom is 0.405 e. The fraction of sp³-hybridized carbons (Fsp3) is 0.455. The Morgan fingerprint density at radius 3 is 2.58 bits per heavy atom. The summed E-state index contributed by atoms with van der Waals surface area (Å²) < 4.78 is 35.4. The maximum atomic E-state index is 11.8. The molecule has 1 heterocycles. The molecule has 1 aromatic rings. The van der Waals surface area contributed by atoms with E-state index in [2.05, 4.69) is 5.32 Å². The summed E-state index contributed by atoms with van der Waals surface area (Å²) in [5, 5.41) is 7.79. The molecule has 0 saturated carbocycles. The highest BCUT2D eigenvalue weighted by Crippen LogP contribution is 2.12. The summed E-state index contributed by atoms with van der Waals surface area (Å²) in [6.07, 6.45) is -4.16. The van der Waals surface area contributed by atoms with Crippen molar-refractivity contribution in [1.29, 1.82) is 0 Å². The first-order valence-corrected chi connectivity index (χ1v) is 6.46. The molecule has 0 aromatic carbocycles. The summed E-state index contributed by atoms with van der Waals surface area (Å²) in [5.41, 5.74) is 0.534. The van der Waals surface area contributed by atoms with Crippen LogP contribution >= 0.6 is 11.3 Å². The Morgan fingerprint density at radius 2 is 2.00 bits per heavy atom. The lowest BCUT2D eigenvalue weighted by atomic mass is 10.2. The molecule has 8 heteroatoms. The molecule has 0 aliphatic heterocycles. The van der Waals surface area contributed by atoms with E-state index >= 15 is 0 Å². The van der Waals surface area contributed by atoms with E-state index in [1.807, 2.05) is 0 Å². The second-order valence-electron chi connectivity index (χ2n) is 3.76. The molecule has 0 atom stereocenters. The van der Waals surface area contributed by atoms with Gasteiger partial charge in [0.25, 0.3) is 5.91 Å². The molecule has 4 nitrogen and oxygen atoms in total. The van der Waals surface area contributed by atoms with Gasteiger partial charge in [0.2, 0.25) is 5.91 Å². The van der Waals surface area contributed by atoms with Crippen LogP contribution in [0.3, 0.4) is 0 Å². The quantitative estimate of drug-likeness (QED) is 0.788. The van der Waals surface area contributed by atoms with Gasteiger partial charge >= 0.3 is 6.18 Å². The minimum absolute atomic E-state index is 0.0556. The minimum Gasteiger partial charge on any atom is -0.352 e. The predicted molar refractivity (Wildman–Crippen MR) is 65.0 cm³/mol. The van der Waals surface area contributed by atoms with Crippen LogP contribution in [0.4, 0.5) is 13.2 Å². The van der Waals surface area contributed by atoms with Crippen LogP contribution in [0.25, 0.3) is 0 Å². The monoisotopic (exact) mass is 294 g/mol. The van der Waals surface area contributed by atoms with Crippen LogP contribution in [0.1, 0.15) is 23.2 Å². The molecule has 2 N–H and O–H groups in total. The second kappa shape index (κ2) is 7.13. The van der Waals surface area contributed by atoms with Gasteiger partial charge in [-0.05, 0) is 17.9 Å². The van der Waals surface area contributed by atoms with E-state index in [4.69, 9.17) is 0 Å². The summed E-state index contributed by atoms with van der Waals surface area (Å²) in [5.74, 6) is -0.931. The van der Waals surface area contributed by atoms with Gasteiger partial charge in [0.05, 0.1) is 0 Å². The summed E-state index contributed by atoms with van der Waals surface area (Å²) in [7, 11) is 0. The number of amides is 2. The normalized spacial score (nSPS) is 11.1. The summed E-state index contributed by atoms with van der Waals surface area (Å²) in [6, 6.07) is 1.66. The number of hydrogen-bond acceptors (Lipinski definition) is 3. The molecule has 1 aromatic heterocycles. The molecule has 19 heavy (non-hydrogen) atoms. The average molecular weight is 294 g/mol. The fourth-order valence-corrected chi connectivity index (χ4v) is 1.87. The van der Waals surface area contributed by atoms with Gasteiger partial charge in [0.15, 0.2) is 0 Å². The molecule has 2 amide bonds. The summed E-state index contributed by atoms with van der Waals surface area (Å²) in [6.45, 7) is -1.08. The molecule has 0 aliphatic rings. The molecule has 1 rings (SSSR count). The van der Waals surface area contributed by atoms with Crippen molar-refractivity contribution in [2.24, 2.45) is 0 Å². The number of thiophene rings is 1. The van der Waals surface area contributed by atoms with E-state index in [-0.39, 0.29) is 18.9 Å². The van der Waals surface area contributed by atoms with Crippen LogP contribution in [0.15, 0.2) is 16.8 Å². The molecule has 0 saturated heterocycles. The smallest absolute Gasteiger partial charge is 0.352 e. The minimum atomic E-state index is -4.40. The Morgan fingerprint density at radius 1 is 1.26 bits per heavy atom. The first-order chi connectivity index (χ1) is 8.88. The van der Waals surface area contributed by atoms with Gasteiger partial charge in [0.1, 0.15) is 6.54 Å². The largest absolute Gasteiger partial charge is 0.405 e. The molecule has 106 valence electrons. The van der Waals surface area contributed by atoms with E-state index in [1.165, 1.54) is 11.3 Å². The van der Waals surface area contributed by atoms with Crippen molar-refractivity contribution in [3.05, 3.63) is 22.4 Å². The molecular formula is C11H13F3N2O2S. The number of alkyl halides is 3. The van der Waals surface area contributed by atoms with Gasteiger partial charge in [0, 0.05) is 23.9 Å². The highest BCUT2D eigenvalue weighted by molar-refractivity contribution is 7.08. The van der Waals surface area contributed by atoms with Gasteiger partial charge in [-0.3, -0.25) is 9.59 Å². The highest BCUT2D eigenvalue weighted by atomic mass is 32.1. The summed E-state index contributed by atoms with van der Waals surface area (Å²) >= 11 is 1.39. The van der Waals surface area contributed by atoms with Crippen molar-refractivity contribution in [3.8, 4) is 0 Å². The molecular weight excluding hydrogens is 281 g/mol. The van der Waals surface area contributed by atoms with Gasteiger partial charge in [-0.2, -0.15) is 24.5 Å². The van der Waals surface area contributed by atoms with Crippen molar-refractivity contribution in [1.82, 2.24) is 10.6 Å². The molecule has 0 bridgehead atoms. The van der Waals surface area contributed by atoms with Gasteiger partial charge in [-0.1, -0.05) is 0 Å². The Hall–Kier alpha value is -1.57. The van der Waals surface area contributed by atoms with Crippen LogP contribution in [-0.2, 0) is 4.79 Å². The average Bonchev–Trinajstić information content (AvgIpc) is 2.84. The van der Waals surface area contributed by atoms with E-state index < -0.39 is 18.6 Å². The van der Waals surface area contributed by atoms with E-state index in [9.17, 15) is 22.8 Å². The van der Waals surface area contributed by atoms with Crippen molar-refractivity contribution < 1.29 is 22.8 Å². The molecule has 0 radical (unpaired) electrons. The summed E-state index contributed by atoms with van der Waals surface area (Å²) in [4.78, 5) is 22.5.